The highest BCUT2D eigenvalue weighted by Gasteiger charge is 2.23. The Morgan fingerprint density at radius 1 is 1.21 bits per heavy atom. The number of nitro groups is 1. The van der Waals surface area contributed by atoms with E-state index < -0.39 is 4.92 Å². The quantitative estimate of drug-likeness (QED) is 0.580. The van der Waals surface area contributed by atoms with Crippen molar-refractivity contribution in [3.63, 3.8) is 0 Å². The van der Waals surface area contributed by atoms with E-state index in [1.54, 1.807) is 35.5 Å². The number of aromatic nitrogens is 2. The van der Waals surface area contributed by atoms with Crippen molar-refractivity contribution in [3.8, 4) is 0 Å². The predicted molar refractivity (Wildman–Crippen MR) is 87.6 cm³/mol. The van der Waals surface area contributed by atoms with E-state index in [9.17, 15) is 14.9 Å². The van der Waals surface area contributed by atoms with Gasteiger partial charge in [-0.05, 0) is 35.7 Å². The number of hydrogen-bond acceptors (Lipinski definition) is 4. The maximum absolute atomic E-state index is 12.8. The molecule has 0 aliphatic carbocycles. The number of nitrogens with zero attached hydrogens (tertiary/aromatic N) is 3. The van der Waals surface area contributed by atoms with Gasteiger partial charge >= 0.3 is 0 Å². The molecule has 1 N–H and O–H groups in total. The Morgan fingerprint density at radius 3 is 2.92 bits per heavy atom. The fraction of sp³-hybridized carbons (Fsp3) is 0.176. The van der Waals surface area contributed by atoms with Gasteiger partial charge in [-0.2, -0.15) is 0 Å². The number of aromatic amines is 1. The van der Waals surface area contributed by atoms with Crippen molar-refractivity contribution in [2.24, 2.45) is 0 Å². The maximum atomic E-state index is 12.8. The van der Waals surface area contributed by atoms with Crippen LogP contribution in [0.25, 0.3) is 11.0 Å². The predicted octanol–water partition coefficient (Wildman–Crippen LogP) is 2.67. The van der Waals surface area contributed by atoms with Gasteiger partial charge in [0.05, 0.1) is 22.3 Å². The summed E-state index contributed by atoms with van der Waals surface area (Å²) in [5.74, 6) is -0.0799. The summed E-state index contributed by atoms with van der Waals surface area (Å²) in [6.07, 6.45) is 2.29. The molecule has 0 saturated carbocycles. The van der Waals surface area contributed by atoms with Crippen LogP contribution in [0.5, 0.6) is 0 Å². The molecular formula is C17H14N4O3. The van der Waals surface area contributed by atoms with Gasteiger partial charge in [0, 0.05) is 30.8 Å². The summed E-state index contributed by atoms with van der Waals surface area (Å²) < 4.78 is 0. The Morgan fingerprint density at radius 2 is 2.08 bits per heavy atom. The number of hydrogen-bond donors (Lipinski definition) is 1. The first-order valence-electron chi connectivity index (χ1n) is 7.60. The second-order valence-electron chi connectivity index (χ2n) is 5.82. The first-order valence-corrected chi connectivity index (χ1v) is 7.60. The summed E-state index contributed by atoms with van der Waals surface area (Å²) in [6.45, 7) is 0.988. The van der Waals surface area contributed by atoms with Crippen LogP contribution in [0.1, 0.15) is 21.5 Å². The Bertz CT molecular complexity index is 963. The van der Waals surface area contributed by atoms with Gasteiger partial charge in [0.2, 0.25) is 0 Å². The highest BCUT2D eigenvalue weighted by molar-refractivity contribution is 5.97. The van der Waals surface area contributed by atoms with Crippen LogP contribution in [0.4, 0.5) is 5.69 Å². The zero-order valence-electron chi connectivity index (χ0n) is 12.7. The molecule has 3 aromatic rings. The molecule has 0 saturated heterocycles. The minimum absolute atomic E-state index is 0.0573. The second kappa shape index (κ2) is 5.45. The van der Waals surface area contributed by atoms with Crippen LogP contribution in [-0.4, -0.2) is 32.2 Å². The number of amides is 1. The van der Waals surface area contributed by atoms with Gasteiger partial charge in [-0.15, -0.1) is 0 Å². The van der Waals surface area contributed by atoms with Crippen molar-refractivity contribution < 1.29 is 9.72 Å². The third kappa shape index (κ3) is 2.40. The number of fused-ring (bicyclic) bond motifs is 2. The SMILES string of the molecule is O=C(c1ccc2nc[nH]c2c1)N1CCc2ccc([N+](=O)[O-])cc2C1. The molecule has 4 rings (SSSR count). The molecule has 1 aromatic heterocycles. The summed E-state index contributed by atoms with van der Waals surface area (Å²) in [6, 6.07) is 10.2. The number of nitrogens with one attached hydrogen (secondary N) is 1. The largest absolute Gasteiger partial charge is 0.345 e. The van der Waals surface area contributed by atoms with Crippen molar-refractivity contribution in [3.05, 3.63) is 69.5 Å². The topological polar surface area (TPSA) is 92.1 Å². The van der Waals surface area contributed by atoms with Crippen molar-refractivity contribution >= 4 is 22.6 Å². The first-order chi connectivity index (χ1) is 11.6. The summed E-state index contributed by atoms with van der Waals surface area (Å²) in [5.41, 5.74) is 4.17. The fourth-order valence-corrected chi connectivity index (χ4v) is 3.08. The van der Waals surface area contributed by atoms with Crippen molar-refractivity contribution in [1.29, 1.82) is 0 Å². The van der Waals surface area contributed by atoms with E-state index in [-0.39, 0.29) is 11.6 Å². The van der Waals surface area contributed by atoms with Crippen molar-refractivity contribution in [1.82, 2.24) is 14.9 Å². The average molecular weight is 322 g/mol. The fourth-order valence-electron chi connectivity index (χ4n) is 3.08. The normalized spacial score (nSPS) is 13.8. The van der Waals surface area contributed by atoms with E-state index in [1.165, 1.54) is 6.07 Å². The Balaban J connectivity index is 1.62. The van der Waals surface area contributed by atoms with Gasteiger partial charge in [0.15, 0.2) is 0 Å². The van der Waals surface area contributed by atoms with E-state index in [0.29, 0.717) is 25.1 Å². The lowest BCUT2D eigenvalue weighted by Crippen LogP contribution is -2.36. The van der Waals surface area contributed by atoms with E-state index in [1.807, 2.05) is 6.07 Å². The van der Waals surface area contributed by atoms with Crippen LogP contribution in [0.15, 0.2) is 42.7 Å². The van der Waals surface area contributed by atoms with Gasteiger partial charge < -0.3 is 9.88 Å². The van der Waals surface area contributed by atoms with Gasteiger partial charge in [0.25, 0.3) is 11.6 Å². The molecule has 2 aromatic carbocycles. The molecule has 0 radical (unpaired) electrons. The number of carbonyl (C=O) groups excluding carboxylic acids is 1. The minimum atomic E-state index is -0.410. The van der Waals surface area contributed by atoms with Gasteiger partial charge in [-0.25, -0.2) is 4.98 Å². The summed E-state index contributed by atoms with van der Waals surface area (Å²) in [7, 11) is 0. The van der Waals surface area contributed by atoms with Crippen LogP contribution in [-0.2, 0) is 13.0 Å². The highest BCUT2D eigenvalue weighted by Crippen LogP contribution is 2.25. The molecule has 0 fully saturated rings. The minimum Gasteiger partial charge on any atom is -0.345 e. The Kier molecular flexibility index (Phi) is 3.26. The summed E-state index contributed by atoms with van der Waals surface area (Å²) in [4.78, 5) is 32.1. The molecule has 120 valence electrons. The van der Waals surface area contributed by atoms with E-state index in [2.05, 4.69) is 9.97 Å². The van der Waals surface area contributed by atoms with Crippen molar-refractivity contribution in [2.45, 2.75) is 13.0 Å². The number of nitro benzene ring substituents is 1. The van der Waals surface area contributed by atoms with E-state index in [4.69, 9.17) is 0 Å². The number of non-ortho nitro benzene ring substituents is 1. The first kappa shape index (κ1) is 14.4. The van der Waals surface area contributed by atoms with E-state index in [0.717, 1.165) is 22.2 Å². The number of rotatable bonds is 2. The van der Waals surface area contributed by atoms with Crippen molar-refractivity contribution in [2.75, 3.05) is 6.54 Å². The van der Waals surface area contributed by atoms with Gasteiger partial charge in [-0.1, -0.05) is 6.07 Å². The second-order valence-corrected chi connectivity index (χ2v) is 5.82. The molecular weight excluding hydrogens is 308 g/mol. The number of benzene rings is 2. The smallest absolute Gasteiger partial charge is 0.269 e. The standard InChI is InChI=1S/C17H14N4O3/c22-17(12-2-4-15-16(8-12)19-10-18-15)20-6-5-11-1-3-14(21(23)24)7-13(11)9-20/h1-4,7-8,10H,5-6,9H2,(H,18,19). The Labute approximate surface area is 137 Å². The molecule has 1 aliphatic heterocycles. The molecule has 0 unspecified atom stereocenters. The molecule has 2 heterocycles. The lowest BCUT2D eigenvalue weighted by atomic mass is 9.98. The third-order valence-corrected chi connectivity index (χ3v) is 4.37. The van der Waals surface area contributed by atoms with E-state index >= 15 is 0 Å². The summed E-state index contributed by atoms with van der Waals surface area (Å²) in [5, 5.41) is 10.9. The highest BCUT2D eigenvalue weighted by atomic mass is 16.6. The third-order valence-electron chi connectivity index (χ3n) is 4.37. The van der Waals surface area contributed by atoms with Gasteiger partial charge in [-0.3, -0.25) is 14.9 Å². The molecule has 7 nitrogen and oxygen atoms in total. The number of H-pyrrole nitrogens is 1. The summed E-state index contributed by atoms with van der Waals surface area (Å²) >= 11 is 0. The molecule has 1 aliphatic rings. The maximum Gasteiger partial charge on any atom is 0.269 e. The lowest BCUT2D eigenvalue weighted by Gasteiger charge is -2.28. The van der Waals surface area contributed by atoms with Crippen LogP contribution in [0.3, 0.4) is 0 Å². The number of carbonyl (C=O) groups is 1. The molecule has 24 heavy (non-hydrogen) atoms. The molecule has 1 amide bonds. The average Bonchev–Trinajstić information content (AvgIpc) is 3.07. The van der Waals surface area contributed by atoms with Crippen LogP contribution < -0.4 is 0 Å². The molecule has 0 spiro atoms. The van der Waals surface area contributed by atoms with Crippen LogP contribution >= 0.6 is 0 Å². The monoisotopic (exact) mass is 322 g/mol. The number of imidazole rings is 1. The van der Waals surface area contributed by atoms with Crippen LogP contribution in [0, 0.1) is 10.1 Å². The van der Waals surface area contributed by atoms with Gasteiger partial charge in [0.1, 0.15) is 0 Å². The molecule has 0 atom stereocenters. The molecule has 7 heteroatoms. The molecule has 0 bridgehead atoms. The zero-order valence-corrected chi connectivity index (χ0v) is 12.7. The lowest BCUT2D eigenvalue weighted by molar-refractivity contribution is -0.385. The Hall–Kier alpha value is -3.22. The van der Waals surface area contributed by atoms with Crippen LogP contribution in [0.2, 0.25) is 0 Å². The zero-order chi connectivity index (χ0) is 16.7.